The second-order valence-electron chi connectivity index (χ2n) is 6.56. The monoisotopic (exact) mass is 297 g/mol. The molecule has 4 heteroatoms. The van der Waals surface area contributed by atoms with Gasteiger partial charge in [-0.3, -0.25) is 0 Å². The van der Waals surface area contributed by atoms with E-state index in [-0.39, 0.29) is 11.2 Å². The van der Waals surface area contributed by atoms with Crippen LogP contribution in [0.1, 0.15) is 46.6 Å². The summed E-state index contributed by atoms with van der Waals surface area (Å²) in [6.07, 6.45) is 0.640. The largest absolute Gasteiger partial charge is 0.314 e. The molecular weight excluding hydrogens is 270 g/mol. The van der Waals surface area contributed by atoms with Crippen LogP contribution >= 0.6 is 0 Å². The predicted octanol–water partition coefficient (Wildman–Crippen LogP) is 3.15. The first kappa shape index (κ1) is 17.2. The Morgan fingerprint density at radius 2 is 1.65 bits per heavy atom. The first-order valence-electron chi connectivity index (χ1n) is 7.19. The van der Waals surface area contributed by atoms with Crippen LogP contribution in [-0.2, 0) is 15.3 Å². The predicted molar refractivity (Wildman–Crippen MR) is 85.0 cm³/mol. The zero-order valence-corrected chi connectivity index (χ0v) is 14.0. The third kappa shape index (κ3) is 5.25. The smallest absolute Gasteiger partial charge is 0.178 e. The van der Waals surface area contributed by atoms with Crippen LogP contribution in [0.4, 0.5) is 0 Å². The highest BCUT2D eigenvalue weighted by molar-refractivity contribution is 7.91. The number of hydrogen-bond donors (Lipinski definition) is 1. The van der Waals surface area contributed by atoms with Gasteiger partial charge < -0.3 is 5.32 Å². The van der Waals surface area contributed by atoms with Crippen molar-refractivity contribution in [3.63, 3.8) is 0 Å². The van der Waals surface area contributed by atoms with Crippen LogP contribution in [0.25, 0.3) is 0 Å². The van der Waals surface area contributed by atoms with Gasteiger partial charge in [0.25, 0.3) is 0 Å². The molecule has 3 nitrogen and oxygen atoms in total. The van der Waals surface area contributed by atoms with Gasteiger partial charge in [0.05, 0.1) is 10.6 Å². The van der Waals surface area contributed by atoms with Gasteiger partial charge in [0.2, 0.25) is 0 Å². The second-order valence-corrected chi connectivity index (χ2v) is 8.66. The van der Waals surface area contributed by atoms with Crippen molar-refractivity contribution in [2.24, 2.45) is 0 Å². The van der Waals surface area contributed by atoms with Gasteiger partial charge >= 0.3 is 0 Å². The number of benzene rings is 1. The van der Waals surface area contributed by atoms with E-state index >= 15 is 0 Å². The second kappa shape index (κ2) is 6.72. The van der Waals surface area contributed by atoms with Crippen LogP contribution in [0, 0.1) is 0 Å². The quantitative estimate of drug-likeness (QED) is 0.821. The topological polar surface area (TPSA) is 46.2 Å². The summed E-state index contributed by atoms with van der Waals surface area (Å²) in [6, 6.07) is 7.68. The molecule has 0 atom stereocenters. The van der Waals surface area contributed by atoms with Crippen molar-refractivity contribution in [2.75, 3.05) is 12.3 Å². The molecule has 0 aliphatic heterocycles. The molecule has 0 saturated heterocycles. The van der Waals surface area contributed by atoms with Crippen LogP contribution in [0.2, 0.25) is 0 Å². The van der Waals surface area contributed by atoms with E-state index in [1.54, 1.807) is 12.1 Å². The molecule has 0 heterocycles. The van der Waals surface area contributed by atoms with E-state index in [9.17, 15) is 8.42 Å². The fourth-order valence-electron chi connectivity index (χ4n) is 1.93. The SMILES string of the molecule is CC(C)NCCCS(=O)(=O)c1ccc(C(C)(C)C)cc1. The normalized spacial score (nSPS) is 12.9. The highest BCUT2D eigenvalue weighted by Crippen LogP contribution is 2.23. The summed E-state index contributed by atoms with van der Waals surface area (Å²) in [5.41, 5.74) is 1.20. The number of nitrogens with one attached hydrogen (secondary N) is 1. The van der Waals surface area contributed by atoms with E-state index in [1.807, 2.05) is 12.1 Å². The molecule has 0 amide bonds. The zero-order valence-electron chi connectivity index (χ0n) is 13.2. The van der Waals surface area contributed by atoms with Crippen molar-refractivity contribution in [1.82, 2.24) is 5.32 Å². The Hall–Kier alpha value is -0.870. The average Bonchev–Trinajstić information content (AvgIpc) is 2.34. The Morgan fingerprint density at radius 3 is 2.10 bits per heavy atom. The van der Waals surface area contributed by atoms with E-state index in [1.165, 1.54) is 0 Å². The lowest BCUT2D eigenvalue weighted by Crippen LogP contribution is -2.25. The molecule has 0 spiro atoms. The van der Waals surface area contributed by atoms with E-state index in [0.717, 1.165) is 12.1 Å². The summed E-state index contributed by atoms with van der Waals surface area (Å²) < 4.78 is 24.4. The number of hydrogen-bond acceptors (Lipinski definition) is 3. The minimum absolute atomic E-state index is 0.0451. The molecule has 114 valence electrons. The minimum atomic E-state index is -3.16. The highest BCUT2D eigenvalue weighted by Gasteiger charge is 2.17. The van der Waals surface area contributed by atoms with Crippen LogP contribution in [0.15, 0.2) is 29.2 Å². The van der Waals surface area contributed by atoms with Crippen molar-refractivity contribution in [2.45, 2.75) is 57.4 Å². The van der Waals surface area contributed by atoms with Crippen LogP contribution in [0.3, 0.4) is 0 Å². The molecule has 0 saturated carbocycles. The molecule has 0 radical (unpaired) electrons. The Kier molecular flexibility index (Phi) is 5.78. The Bertz CT molecular complexity index is 510. The summed E-state index contributed by atoms with van der Waals surface area (Å²) in [5, 5.41) is 3.23. The third-order valence-corrected chi connectivity index (χ3v) is 5.04. The van der Waals surface area contributed by atoms with Gasteiger partial charge in [0, 0.05) is 6.04 Å². The van der Waals surface area contributed by atoms with Gasteiger partial charge in [-0.1, -0.05) is 46.8 Å². The fraction of sp³-hybridized carbons (Fsp3) is 0.625. The maximum Gasteiger partial charge on any atom is 0.178 e. The van der Waals surface area contributed by atoms with Crippen molar-refractivity contribution in [3.8, 4) is 0 Å². The summed E-state index contributed by atoms with van der Waals surface area (Å²) in [7, 11) is -3.16. The number of sulfone groups is 1. The van der Waals surface area contributed by atoms with Crippen molar-refractivity contribution >= 4 is 9.84 Å². The minimum Gasteiger partial charge on any atom is -0.314 e. The molecule has 0 aliphatic carbocycles. The first-order valence-corrected chi connectivity index (χ1v) is 8.85. The lowest BCUT2D eigenvalue weighted by Gasteiger charge is -2.19. The molecule has 1 rings (SSSR count). The van der Waals surface area contributed by atoms with E-state index in [0.29, 0.717) is 17.4 Å². The Labute approximate surface area is 123 Å². The van der Waals surface area contributed by atoms with Gasteiger partial charge in [-0.05, 0) is 36.1 Å². The van der Waals surface area contributed by atoms with Gasteiger partial charge in [-0.2, -0.15) is 0 Å². The molecule has 0 bridgehead atoms. The molecule has 0 fully saturated rings. The van der Waals surface area contributed by atoms with Gasteiger partial charge in [-0.15, -0.1) is 0 Å². The summed E-state index contributed by atoms with van der Waals surface area (Å²) in [5.74, 6) is 0.196. The molecule has 20 heavy (non-hydrogen) atoms. The highest BCUT2D eigenvalue weighted by atomic mass is 32.2. The summed E-state index contributed by atoms with van der Waals surface area (Å²) >= 11 is 0. The van der Waals surface area contributed by atoms with Gasteiger partial charge in [-0.25, -0.2) is 8.42 Å². The fourth-order valence-corrected chi connectivity index (χ4v) is 3.24. The molecular formula is C16H27NO2S. The maximum absolute atomic E-state index is 12.2. The average molecular weight is 297 g/mol. The van der Waals surface area contributed by atoms with Gasteiger partial charge in [0.1, 0.15) is 0 Å². The van der Waals surface area contributed by atoms with Crippen molar-refractivity contribution < 1.29 is 8.42 Å². The van der Waals surface area contributed by atoms with E-state index < -0.39 is 9.84 Å². The lowest BCUT2D eigenvalue weighted by molar-refractivity contribution is 0.568. The first-order chi connectivity index (χ1) is 9.13. The Balaban J connectivity index is 2.69. The van der Waals surface area contributed by atoms with Crippen LogP contribution in [0.5, 0.6) is 0 Å². The van der Waals surface area contributed by atoms with E-state index in [4.69, 9.17) is 0 Å². The van der Waals surface area contributed by atoms with Crippen LogP contribution < -0.4 is 5.32 Å². The summed E-state index contributed by atoms with van der Waals surface area (Å²) in [6.45, 7) is 11.2. The Morgan fingerprint density at radius 1 is 1.10 bits per heavy atom. The zero-order chi connectivity index (χ0) is 15.4. The summed E-state index contributed by atoms with van der Waals surface area (Å²) in [4.78, 5) is 0.426. The van der Waals surface area contributed by atoms with E-state index in [2.05, 4.69) is 39.9 Å². The third-order valence-electron chi connectivity index (χ3n) is 3.22. The van der Waals surface area contributed by atoms with Crippen LogP contribution in [-0.4, -0.2) is 26.8 Å². The molecule has 1 aromatic carbocycles. The number of rotatable bonds is 6. The molecule has 0 aromatic heterocycles. The van der Waals surface area contributed by atoms with Gasteiger partial charge in [0.15, 0.2) is 9.84 Å². The molecule has 1 aromatic rings. The lowest BCUT2D eigenvalue weighted by atomic mass is 9.87. The molecule has 0 unspecified atom stereocenters. The maximum atomic E-state index is 12.2. The van der Waals surface area contributed by atoms with Crippen molar-refractivity contribution in [3.05, 3.63) is 29.8 Å². The molecule has 0 aliphatic rings. The van der Waals surface area contributed by atoms with Crippen molar-refractivity contribution in [1.29, 1.82) is 0 Å². The standard InChI is InChI=1S/C16H27NO2S/c1-13(2)17-11-6-12-20(18,19)15-9-7-14(8-10-15)16(3,4)5/h7-10,13,17H,6,11-12H2,1-5H3. The molecule has 1 N–H and O–H groups in total.